The number of aromatic hydroxyl groups is 1. The SMILES string of the molecule is CCCCCCCC(N)N(C)C(=O)c1ccc(N=Nc2c(NCCCC)c(C#N)c(O)n(NCCCC)c2=O)cc1. The van der Waals surface area contributed by atoms with Crippen LogP contribution in [0.3, 0.4) is 0 Å². The van der Waals surface area contributed by atoms with Gasteiger partial charge in [-0.2, -0.15) is 15.1 Å². The van der Waals surface area contributed by atoms with Gasteiger partial charge in [0.1, 0.15) is 11.6 Å². The van der Waals surface area contributed by atoms with Crippen molar-refractivity contribution in [2.75, 3.05) is 30.9 Å². The lowest BCUT2D eigenvalue weighted by Crippen LogP contribution is -2.43. The molecule has 1 unspecified atom stereocenters. The van der Waals surface area contributed by atoms with Gasteiger partial charge in [-0.25, -0.2) is 0 Å². The molecule has 0 fully saturated rings. The standard InChI is InChI=1S/C30H46N8O3/c1-5-8-11-12-13-14-25(32)37(4)28(39)22-15-17-23(18-16-22)35-36-27-26(33-19-9-6-2)24(21-31)29(40)38(30(27)41)34-20-10-7-3/h15-18,25,33-34,40H,5-14,19-20,32H2,1-4H3. The first kappa shape index (κ1) is 33.3. The molecule has 0 aliphatic carbocycles. The van der Waals surface area contributed by atoms with Crippen LogP contribution in [-0.2, 0) is 0 Å². The molecule has 1 aromatic carbocycles. The summed E-state index contributed by atoms with van der Waals surface area (Å²) in [5.41, 5.74) is 9.34. The number of nitrogens with two attached hydrogens (primary N) is 1. The zero-order valence-corrected chi connectivity index (χ0v) is 24.9. The molecule has 2 aromatic rings. The fourth-order valence-corrected chi connectivity index (χ4v) is 4.21. The molecule has 0 aliphatic heterocycles. The van der Waals surface area contributed by atoms with Crippen LogP contribution in [-0.4, -0.2) is 46.9 Å². The van der Waals surface area contributed by atoms with Crippen molar-refractivity contribution in [3.05, 3.63) is 45.7 Å². The molecule has 41 heavy (non-hydrogen) atoms. The Kier molecular flexibility index (Phi) is 14.4. The number of benzene rings is 1. The maximum Gasteiger partial charge on any atom is 0.301 e. The van der Waals surface area contributed by atoms with E-state index in [0.29, 0.717) is 24.3 Å². The van der Waals surface area contributed by atoms with E-state index in [1.165, 1.54) is 19.3 Å². The zero-order chi connectivity index (χ0) is 30.2. The summed E-state index contributed by atoms with van der Waals surface area (Å²) in [6.07, 6.45) is 9.39. The molecule has 0 aliphatic rings. The average Bonchev–Trinajstić information content (AvgIpc) is 2.98. The Balaban J connectivity index is 2.28. The number of nitrogens with one attached hydrogen (secondary N) is 2. The first-order chi connectivity index (χ1) is 19.8. The molecule has 11 nitrogen and oxygen atoms in total. The molecular weight excluding hydrogens is 520 g/mol. The molecule has 0 bridgehead atoms. The normalized spacial score (nSPS) is 11.8. The third-order valence-electron chi connectivity index (χ3n) is 6.87. The molecule has 0 saturated carbocycles. The van der Waals surface area contributed by atoms with Crippen molar-refractivity contribution in [3.63, 3.8) is 0 Å². The van der Waals surface area contributed by atoms with E-state index in [4.69, 9.17) is 5.73 Å². The third kappa shape index (κ3) is 9.60. The van der Waals surface area contributed by atoms with Gasteiger partial charge in [0.15, 0.2) is 5.69 Å². The average molecular weight is 567 g/mol. The second-order valence-corrected chi connectivity index (χ2v) is 10.1. The number of carbonyl (C=O) groups is 1. The van der Waals surface area contributed by atoms with Gasteiger partial charge in [-0.15, -0.1) is 5.11 Å². The van der Waals surface area contributed by atoms with Gasteiger partial charge in [0.2, 0.25) is 5.88 Å². The smallest absolute Gasteiger partial charge is 0.301 e. The molecule has 2 rings (SSSR count). The first-order valence-electron chi connectivity index (χ1n) is 14.7. The van der Waals surface area contributed by atoms with Gasteiger partial charge in [0, 0.05) is 25.7 Å². The molecule has 0 spiro atoms. The molecule has 1 amide bonds. The van der Waals surface area contributed by atoms with Crippen molar-refractivity contribution in [3.8, 4) is 11.9 Å². The number of amides is 1. The van der Waals surface area contributed by atoms with Gasteiger partial charge in [-0.1, -0.05) is 65.7 Å². The van der Waals surface area contributed by atoms with Crippen molar-refractivity contribution >= 4 is 23.0 Å². The Labute approximate surface area is 243 Å². The number of unbranched alkanes of at least 4 members (excludes halogenated alkanes) is 6. The fraction of sp³-hybridized carbons (Fsp3) is 0.567. The number of pyridine rings is 1. The second kappa shape index (κ2) is 17.7. The summed E-state index contributed by atoms with van der Waals surface area (Å²) >= 11 is 0. The molecule has 11 heteroatoms. The predicted octanol–water partition coefficient (Wildman–Crippen LogP) is 6.11. The van der Waals surface area contributed by atoms with Crippen LogP contribution in [0.25, 0.3) is 0 Å². The second-order valence-electron chi connectivity index (χ2n) is 10.1. The van der Waals surface area contributed by atoms with E-state index in [-0.39, 0.29) is 29.0 Å². The number of nitrogens with zero attached hydrogens (tertiary/aromatic N) is 5. The van der Waals surface area contributed by atoms with E-state index in [0.717, 1.165) is 49.6 Å². The monoisotopic (exact) mass is 566 g/mol. The lowest BCUT2D eigenvalue weighted by atomic mass is 10.1. The lowest BCUT2D eigenvalue weighted by Gasteiger charge is -2.25. The molecule has 0 radical (unpaired) electrons. The van der Waals surface area contributed by atoms with Crippen LogP contribution in [0, 0.1) is 11.3 Å². The van der Waals surface area contributed by atoms with E-state index in [9.17, 15) is 20.0 Å². The quantitative estimate of drug-likeness (QED) is 0.0960. The third-order valence-corrected chi connectivity index (χ3v) is 6.87. The lowest BCUT2D eigenvalue weighted by molar-refractivity contribution is 0.0726. The van der Waals surface area contributed by atoms with Gasteiger partial charge in [-0.05, 0) is 43.5 Å². The highest BCUT2D eigenvalue weighted by Gasteiger charge is 2.22. The summed E-state index contributed by atoms with van der Waals surface area (Å²) in [6.45, 7) is 7.13. The number of nitriles is 1. The summed E-state index contributed by atoms with van der Waals surface area (Å²) in [5, 5.41) is 32.0. The number of hydrogen-bond acceptors (Lipinski definition) is 9. The molecule has 5 N–H and O–H groups in total. The van der Waals surface area contributed by atoms with Crippen molar-refractivity contribution in [1.29, 1.82) is 5.26 Å². The van der Waals surface area contributed by atoms with E-state index >= 15 is 0 Å². The van der Waals surface area contributed by atoms with Crippen molar-refractivity contribution in [2.24, 2.45) is 16.0 Å². The van der Waals surface area contributed by atoms with Gasteiger partial charge in [0.05, 0.1) is 17.5 Å². The van der Waals surface area contributed by atoms with E-state index < -0.39 is 11.4 Å². The minimum atomic E-state index is -0.627. The first-order valence-corrected chi connectivity index (χ1v) is 14.7. The highest BCUT2D eigenvalue weighted by molar-refractivity contribution is 5.94. The summed E-state index contributed by atoms with van der Waals surface area (Å²) in [4.78, 5) is 27.8. The number of azo groups is 1. The molecule has 1 atom stereocenters. The van der Waals surface area contributed by atoms with E-state index in [2.05, 4.69) is 27.9 Å². The predicted molar refractivity (Wildman–Crippen MR) is 164 cm³/mol. The summed E-state index contributed by atoms with van der Waals surface area (Å²) < 4.78 is 0.943. The highest BCUT2D eigenvalue weighted by Crippen LogP contribution is 2.32. The number of aromatic nitrogens is 1. The number of rotatable bonds is 18. The molecular formula is C30H46N8O3. The number of hydrogen-bond donors (Lipinski definition) is 4. The zero-order valence-electron chi connectivity index (χ0n) is 24.9. The Morgan fingerprint density at radius 3 is 2.29 bits per heavy atom. The van der Waals surface area contributed by atoms with Crippen LogP contribution < -0.4 is 22.0 Å². The minimum Gasteiger partial charge on any atom is -0.492 e. The van der Waals surface area contributed by atoms with Crippen LogP contribution in [0.1, 0.15) is 101 Å². The summed E-state index contributed by atoms with van der Waals surface area (Å²) in [5.74, 6) is -0.659. The summed E-state index contributed by atoms with van der Waals surface area (Å²) in [6, 6.07) is 8.53. The molecule has 1 aromatic heterocycles. The van der Waals surface area contributed by atoms with Gasteiger partial charge < -0.3 is 26.5 Å². The Morgan fingerprint density at radius 2 is 1.66 bits per heavy atom. The maximum absolute atomic E-state index is 13.3. The van der Waals surface area contributed by atoms with Crippen molar-refractivity contribution < 1.29 is 9.90 Å². The fourth-order valence-electron chi connectivity index (χ4n) is 4.21. The largest absolute Gasteiger partial charge is 0.492 e. The van der Waals surface area contributed by atoms with Crippen molar-refractivity contribution in [1.82, 2.24) is 9.58 Å². The van der Waals surface area contributed by atoms with Crippen LogP contribution in [0.4, 0.5) is 17.1 Å². The van der Waals surface area contributed by atoms with Gasteiger partial charge in [0.25, 0.3) is 5.91 Å². The van der Waals surface area contributed by atoms with Crippen LogP contribution in [0.15, 0.2) is 39.3 Å². The topological polar surface area (TPSA) is 161 Å². The number of anilines is 1. The van der Waals surface area contributed by atoms with E-state index in [1.807, 2.05) is 19.9 Å². The van der Waals surface area contributed by atoms with Gasteiger partial charge >= 0.3 is 5.56 Å². The van der Waals surface area contributed by atoms with Crippen molar-refractivity contribution in [2.45, 2.75) is 91.1 Å². The maximum atomic E-state index is 13.3. The Bertz CT molecular complexity index is 1230. The Morgan fingerprint density at radius 1 is 1.02 bits per heavy atom. The summed E-state index contributed by atoms with van der Waals surface area (Å²) in [7, 11) is 1.71. The number of carbonyl (C=O) groups excluding carboxylic acids is 1. The molecule has 1 heterocycles. The van der Waals surface area contributed by atoms with E-state index in [1.54, 1.807) is 36.2 Å². The highest BCUT2D eigenvalue weighted by atomic mass is 16.3. The van der Waals surface area contributed by atoms with Crippen LogP contribution in [0.5, 0.6) is 5.88 Å². The van der Waals surface area contributed by atoms with Crippen LogP contribution in [0.2, 0.25) is 0 Å². The molecule has 224 valence electrons. The minimum absolute atomic E-state index is 0.0932. The van der Waals surface area contributed by atoms with Crippen LogP contribution >= 0.6 is 0 Å². The molecule has 0 saturated heterocycles. The van der Waals surface area contributed by atoms with Gasteiger partial charge in [-0.3, -0.25) is 9.59 Å². The Hall–Kier alpha value is -3.91.